The zero-order valence-corrected chi connectivity index (χ0v) is 19.4. The molecule has 0 fully saturated rings. The van der Waals surface area contributed by atoms with Gasteiger partial charge in [-0.1, -0.05) is 30.0 Å². The first-order valence-electron chi connectivity index (χ1n) is 10.4. The summed E-state index contributed by atoms with van der Waals surface area (Å²) in [6, 6.07) is 21.0. The van der Waals surface area contributed by atoms with Crippen LogP contribution in [-0.4, -0.2) is 34.2 Å². The molecule has 0 saturated heterocycles. The lowest BCUT2D eigenvalue weighted by Crippen LogP contribution is -2.23. The Morgan fingerprint density at radius 2 is 1.68 bits per heavy atom. The number of aromatic nitrogens is 2. The number of amides is 2. The average molecular weight is 475 g/mol. The fourth-order valence-electron chi connectivity index (χ4n) is 3.35. The maximum absolute atomic E-state index is 13.3. The number of nitrogens with zero attached hydrogens (tertiary/aromatic N) is 2. The van der Waals surface area contributed by atoms with E-state index in [0.717, 1.165) is 0 Å². The molecule has 0 saturated carbocycles. The number of thioether (sulfide) groups is 1. The molecule has 8 nitrogen and oxygen atoms in total. The van der Waals surface area contributed by atoms with Crippen LogP contribution in [0.3, 0.4) is 0 Å². The first-order valence-corrected chi connectivity index (χ1v) is 11.4. The Kier molecular flexibility index (Phi) is 6.93. The molecule has 1 heterocycles. The number of anilines is 2. The molecule has 2 amide bonds. The fourth-order valence-corrected chi connectivity index (χ4v) is 4.17. The summed E-state index contributed by atoms with van der Waals surface area (Å²) in [5, 5.41) is 6.37. The van der Waals surface area contributed by atoms with E-state index >= 15 is 0 Å². The maximum atomic E-state index is 13.3. The number of fused-ring (bicyclic) bond motifs is 1. The highest BCUT2D eigenvalue weighted by molar-refractivity contribution is 7.99. The van der Waals surface area contributed by atoms with Crippen molar-refractivity contribution in [3.8, 4) is 11.4 Å². The van der Waals surface area contributed by atoms with Gasteiger partial charge in [-0.05, 0) is 48.5 Å². The van der Waals surface area contributed by atoms with E-state index in [1.54, 1.807) is 73.8 Å². The number of carbonyl (C=O) groups is 2. The lowest BCUT2D eigenvalue weighted by atomic mass is 10.2. The standard InChI is InChI=1S/C25H22N4O4S/c1-16(30)26-17-10-12-18(13-11-17)27-23(31)15-34-25-28-22-9-4-3-8-21(22)24(32)29(25)19-6-5-7-20(14-19)33-2/h3-14H,15H2,1-2H3,(H,26,30)(H,27,31). The van der Waals surface area contributed by atoms with Crippen LogP contribution < -0.4 is 20.9 Å². The first-order chi connectivity index (χ1) is 16.4. The minimum Gasteiger partial charge on any atom is -0.497 e. The fraction of sp³-hybridized carbons (Fsp3) is 0.120. The summed E-state index contributed by atoms with van der Waals surface area (Å²) in [6.07, 6.45) is 0. The van der Waals surface area contributed by atoms with Crippen LogP contribution in [-0.2, 0) is 9.59 Å². The number of nitrogens with one attached hydrogen (secondary N) is 2. The number of ether oxygens (including phenoxy) is 1. The Bertz CT molecular complexity index is 1420. The molecule has 0 aliphatic carbocycles. The largest absolute Gasteiger partial charge is 0.497 e. The third kappa shape index (κ3) is 5.26. The molecule has 34 heavy (non-hydrogen) atoms. The van der Waals surface area contributed by atoms with Crippen molar-refractivity contribution in [2.24, 2.45) is 0 Å². The van der Waals surface area contributed by atoms with E-state index in [-0.39, 0.29) is 23.1 Å². The highest BCUT2D eigenvalue weighted by atomic mass is 32.2. The molecule has 1 aromatic heterocycles. The number of rotatable bonds is 7. The number of hydrogen-bond donors (Lipinski definition) is 2. The van der Waals surface area contributed by atoms with E-state index < -0.39 is 0 Å². The third-order valence-corrected chi connectivity index (χ3v) is 5.82. The van der Waals surface area contributed by atoms with Crippen LogP contribution in [0.5, 0.6) is 5.75 Å². The van der Waals surface area contributed by atoms with Gasteiger partial charge in [0.1, 0.15) is 5.75 Å². The zero-order chi connectivity index (χ0) is 24.1. The Balaban J connectivity index is 1.59. The molecule has 3 aromatic carbocycles. The van der Waals surface area contributed by atoms with Crippen molar-refractivity contribution in [2.45, 2.75) is 12.1 Å². The van der Waals surface area contributed by atoms with Crippen molar-refractivity contribution < 1.29 is 14.3 Å². The quantitative estimate of drug-likeness (QED) is 0.309. The molecular weight excluding hydrogens is 452 g/mol. The van der Waals surface area contributed by atoms with Crippen molar-refractivity contribution in [1.29, 1.82) is 0 Å². The molecule has 4 rings (SSSR count). The second-order valence-electron chi connectivity index (χ2n) is 7.35. The highest BCUT2D eigenvalue weighted by Crippen LogP contribution is 2.24. The molecule has 0 spiro atoms. The van der Waals surface area contributed by atoms with Gasteiger partial charge < -0.3 is 15.4 Å². The van der Waals surface area contributed by atoms with Gasteiger partial charge in [0, 0.05) is 24.4 Å². The van der Waals surface area contributed by atoms with E-state index in [1.165, 1.54) is 23.3 Å². The molecule has 0 atom stereocenters. The van der Waals surface area contributed by atoms with Crippen LogP contribution in [0.4, 0.5) is 11.4 Å². The van der Waals surface area contributed by atoms with Crippen LogP contribution in [0, 0.1) is 0 Å². The third-order valence-electron chi connectivity index (χ3n) is 4.88. The summed E-state index contributed by atoms with van der Waals surface area (Å²) >= 11 is 1.17. The number of hydrogen-bond acceptors (Lipinski definition) is 6. The Hall–Kier alpha value is -4.11. The summed E-state index contributed by atoms with van der Waals surface area (Å²) in [7, 11) is 1.56. The predicted molar refractivity (Wildman–Crippen MR) is 134 cm³/mol. The molecule has 9 heteroatoms. The van der Waals surface area contributed by atoms with E-state index in [1.807, 2.05) is 6.07 Å². The van der Waals surface area contributed by atoms with Crippen LogP contribution in [0.1, 0.15) is 6.92 Å². The minimum atomic E-state index is -0.253. The average Bonchev–Trinajstić information content (AvgIpc) is 2.84. The smallest absolute Gasteiger partial charge is 0.266 e. The van der Waals surface area contributed by atoms with Crippen LogP contribution >= 0.6 is 11.8 Å². The van der Waals surface area contributed by atoms with Crippen molar-refractivity contribution >= 4 is 45.9 Å². The zero-order valence-electron chi connectivity index (χ0n) is 18.6. The Labute approximate surface area is 200 Å². The van der Waals surface area contributed by atoms with E-state index in [4.69, 9.17) is 4.74 Å². The molecule has 0 unspecified atom stereocenters. The second-order valence-corrected chi connectivity index (χ2v) is 8.29. The van der Waals surface area contributed by atoms with Gasteiger partial charge in [0.15, 0.2) is 5.16 Å². The molecule has 4 aromatic rings. The number of methoxy groups -OCH3 is 1. The van der Waals surface area contributed by atoms with Crippen molar-refractivity contribution in [2.75, 3.05) is 23.5 Å². The summed E-state index contributed by atoms with van der Waals surface area (Å²) in [5.74, 6) is 0.228. The monoisotopic (exact) mass is 474 g/mol. The van der Waals surface area contributed by atoms with E-state index in [2.05, 4.69) is 15.6 Å². The summed E-state index contributed by atoms with van der Waals surface area (Å²) in [6.45, 7) is 1.43. The van der Waals surface area contributed by atoms with Gasteiger partial charge in [-0.25, -0.2) is 4.98 Å². The highest BCUT2D eigenvalue weighted by Gasteiger charge is 2.15. The molecular formula is C25H22N4O4S. The topological polar surface area (TPSA) is 102 Å². The van der Waals surface area contributed by atoms with Gasteiger partial charge in [0.05, 0.1) is 29.5 Å². The van der Waals surface area contributed by atoms with E-state index in [0.29, 0.717) is 38.9 Å². The first kappa shape index (κ1) is 23.1. The second kappa shape index (κ2) is 10.2. The molecule has 172 valence electrons. The van der Waals surface area contributed by atoms with Gasteiger partial charge in [-0.2, -0.15) is 0 Å². The van der Waals surface area contributed by atoms with Crippen LogP contribution in [0.2, 0.25) is 0 Å². The lowest BCUT2D eigenvalue weighted by molar-refractivity contribution is -0.114. The minimum absolute atomic E-state index is 0.0438. The van der Waals surface area contributed by atoms with Crippen LogP contribution in [0.25, 0.3) is 16.6 Å². The van der Waals surface area contributed by atoms with Gasteiger partial charge in [0.2, 0.25) is 11.8 Å². The summed E-state index contributed by atoms with van der Waals surface area (Å²) in [4.78, 5) is 41.7. The maximum Gasteiger partial charge on any atom is 0.266 e. The number of carbonyl (C=O) groups excluding carboxylic acids is 2. The van der Waals surface area contributed by atoms with Gasteiger partial charge >= 0.3 is 0 Å². The van der Waals surface area contributed by atoms with Crippen LogP contribution in [0.15, 0.2) is 82.7 Å². The Morgan fingerprint density at radius 1 is 0.971 bits per heavy atom. The van der Waals surface area contributed by atoms with Gasteiger partial charge in [-0.3, -0.25) is 19.0 Å². The molecule has 0 aliphatic heterocycles. The van der Waals surface area contributed by atoms with Gasteiger partial charge in [-0.15, -0.1) is 0 Å². The predicted octanol–water partition coefficient (Wildman–Crippen LogP) is 4.08. The normalized spacial score (nSPS) is 10.6. The lowest BCUT2D eigenvalue weighted by Gasteiger charge is -2.14. The van der Waals surface area contributed by atoms with Gasteiger partial charge in [0.25, 0.3) is 5.56 Å². The van der Waals surface area contributed by atoms with Crippen molar-refractivity contribution in [1.82, 2.24) is 9.55 Å². The molecule has 0 radical (unpaired) electrons. The van der Waals surface area contributed by atoms with Crippen molar-refractivity contribution in [3.63, 3.8) is 0 Å². The Morgan fingerprint density at radius 3 is 2.38 bits per heavy atom. The number of para-hydroxylation sites is 1. The molecule has 0 aliphatic rings. The molecule has 2 N–H and O–H groups in total. The molecule has 0 bridgehead atoms. The summed E-state index contributed by atoms with van der Waals surface area (Å²) < 4.78 is 6.80. The van der Waals surface area contributed by atoms with E-state index in [9.17, 15) is 14.4 Å². The summed E-state index contributed by atoms with van der Waals surface area (Å²) in [5.41, 5.74) is 2.16. The van der Waals surface area contributed by atoms with Crippen molar-refractivity contribution in [3.05, 3.63) is 83.2 Å². The SMILES string of the molecule is COc1cccc(-n2c(SCC(=O)Nc3ccc(NC(C)=O)cc3)nc3ccccc3c2=O)c1. The number of benzene rings is 3.